The van der Waals surface area contributed by atoms with Gasteiger partial charge in [0.25, 0.3) is 0 Å². The SMILES string of the molecule is Cc1ccc(C)c(OCCCCC(=O)N2CCCC(C(=O)NCCN)C2)c1.Cl. The molecule has 0 bridgehead atoms. The lowest BCUT2D eigenvalue weighted by atomic mass is 9.96. The van der Waals surface area contributed by atoms with E-state index in [0.29, 0.717) is 32.7 Å². The molecule has 1 unspecified atom stereocenters. The Labute approximate surface area is 174 Å². The fourth-order valence-electron chi connectivity index (χ4n) is 3.34. The highest BCUT2D eigenvalue weighted by molar-refractivity contribution is 5.85. The lowest BCUT2D eigenvalue weighted by Crippen LogP contribution is -2.46. The van der Waals surface area contributed by atoms with Crippen LogP contribution in [0.1, 0.15) is 43.2 Å². The molecule has 1 saturated heterocycles. The van der Waals surface area contributed by atoms with Crippen molar-refractivity contribution >= 4 is 24.2 Å². The van der Waals surface area contributed by atoms with Crippen molar-refractivity contribution in [1.82, 2.24) is 10.2 Å². The van der Waals surface area contributed by atoms with Crippen molar-refractivity contribution in [2.75, 3.05) is 32.8 Å². The van der Waals surface area contributed by atoms with Crippen LogP contribution < -0.4 is 15.8 Å². The third-order valence-electron chi connectivity index (χ3n) is 4.97. The van der Waals surface area contributed by atoms with Crippen LogP contribution in [0.5, 0.6) is 5.75 Å². The topological polar surface area (TPSA) is 84.7 Å². The monoisotopic (exact) mass is 411 g/mol. The number of nitrogens with two attached hydrogens (primary N) is 1. The molecule has 6 nitrogen and oxygen atoms in total. The zero-order valence-electron chi connectivity index (χ0n) is 17.0. The molecule has 1 fully saturated rings. The van der Waals surface area contributed by atoms with Crippen LogP contribution in [0.2, 0.25) is 0 Å². The molecule has 1 heterocycles. The average molecular weight is 412 g/mol. The van der Waals surface area contributed by atoms with Crippen molar-refractivity contribution in [2.45, 2.75) is 46.0 Å². The molecule has 1 atom stereocenters. The Hall–Kier alpha value is -1.79. The van der Waals surface area contributed by atoms with Gasteiger partial charge in [0, 0.05) is 32.6 Å². The van der Waals surface area contributed by atoms with Crippen LogP contribution in [0, 0.1) is 19.8 Å². The lowest BCUT2D eigenvalue weighted by Gasteiger charge is -2.32. The normalized spacial score (nSPS) is 16.2. The van der Waals surface area contributed by atoms with Crippen molar-refractivity contribution in [3.8, 4) is 5.75 Å². The lowest BCUT2D eigenvalue weighted by molar-refractivity contribution is -0.135. The first-order chi connectivity index (χ1) is 13.0. The zero-order valence-corrected chi connectivity index (χ0v) is 17.9. The van der Waals surface area contributed by atoms with E-state index in [-0.39, 0.29) is 30.1 Å². The van der Waals surface area contributed by atoms with Crippen molar-refractivity contribution in [3.05, 3.63) is 29.3 Å². The highest BCUT2D eigenvalue weighted by Crippen LogP contribution is 2.20. The molecule has 1 aromatic carbocycles. The molecule has 3 N–H and O–H groups in total. The summed E-state index contributed by atoms with van der Waals surface area (Å²) >= 11 is 0. The zero-order chi connectivity index (χ0) is 19.6. The Kier molecular flexibility index (Phi) is 10.9. The molecule has 1 aliphatic heterocycles. The number of benzene rings is 1. The average Bonchev–Trinajstić information content (AvgIpc) is 2.68. The number of piperidine rings is 1. The number of carbonyl (C=O) groups excluding carboxylic acids is 2. The van der Waals surface area contributed by atoms with Gasteiger partial charge in [0.2, 0.25) is 11.8 Å². The molecule has 158 valence electrons. The van der Waals surface area contributed by atoms with Crippen LogP contribution in [0.3, 0.4) is 0 Å². The van der Waals surface area contributed by atoms with Gasteiger partial charge < -0.3 is 20.7 Å². The standard InChI is InChI=1S/C21H33N3O3.ClH/c1-16-8-9-17(2)19(14-16)27-13-4-3-7-20(25)24-12-5-6-18(15-24)21(26)23-11-10-22;/h8-9,14,18H,3-7,10-13,15,22H2,1-2H3,(H,23,26);1H. The summed E-state index contributed by atoms with van der Waals surface area (Å²) < 4.78 is 5.84. The molecule has 0 aromatic heterocycles. The first-order valence-electron chi connectivity index (χ1n) is 9.97. The largest absolute Gasteiger partial charge is 0.493 e. The molecule has 0 spiro atoms. The molecular weight excluding hydrogens is 378 g/mol. The van der Waals surface area contributed by atoms with Gasteiger partial charge in [-0.15, -0.1) is 12.4 Å². The number of hydrogen-bond acceptors (Lipinski definition) is 4. The number of unbranched alkanes of at least 4 members (excludes halogenated alkanes) is 1. The van der Waals surface area contributed by atoms with Crippen LogP contribution in [0.25, 0.3) is 0 Å². The van der Waals surface area contributed by atoms with E-state index in [1.807, 2.05) is 24.8 Å². The molecule has 7 heteroatoms. The van der Waals surface area contributed by atoms with Gasteiger partial charge in [0.05, 0.1) is 12.5 Å². The molecule has 1 aliphatic rings. The maximum absolute atomic E-state index is 12.4. The van der Waals surface area contributed by atoms with Crippen LogP contribution >= 0.6 is 12.4 Å². The molecule has 28 heavy (non-hydrogen) atoms. The number of nitrogens with one attached hydrogen (secondary N) is 1. The van der Waals surface area contributed by atoms with Gasteiger partial charge in [0.1, 0.15) is 5.75 Å². The van der Waals surface area contributed by atoms with Crippen LogP contribution in [0.15, 0.2) is 18.2 Å². The number of aryl methyl sites for hydroxylation is 2. The highest BCUT2D eigenvalue weighted by Gasteiger charge is 2.27. The molecule has 2 amide bonds. The van der Waals surface area contributed by atoms with E-state index in [1.165, 1.54) is 5.56 Å². The van der Waals surface area contributed by atoms with E-state index in [4.69, 9.17) is 10.5 Å². The van der Waals surface area contributed by atoms with Crippen molar-refractivity contribution in [1.29, 1.82) is 0 Å². The maximum atomic E-state index is 12.4. The second-order valence-corrected chi connectivity index (χ2v) is 7.33. The quantitative estimate of drug-likeness (QED) is 0.611. The number of carbonyl (C=O) groups is 2. The third-order valence-corrected chi connectivity index (χ3v) is 4.97. The van der Waals surface area contributed by atoms with E-state index >= 15 is 0 Å². The third kappa shape index (κ3) is 7.68. The van der Waals surface area contributed by atoms with Gasteiger partial charge in [0.15, 0.2) is 0 Å². The predicted octanol–water partition coefficient (Wildman–Crippen LogP) is 2.59. The molecule has 0 radical (unpaired) electrons. The van der Waals surface area contributed by atoms with Gasteiger partial charge >= 0.3 is 0 Å². The van der Waals surface area contributed by atoms with Gasteiger partial charge in [-0.2, -0.15) is 0 Å². The Morgan fingerprint density at radius 1 is 1.29 bits per heavy atom. The minimum Gasteiger partial charge on any atom is -0.493 e. The number of nitrogens with zero attached hydrogens (tertiary/aromatic N) is 1. The van der Waals surface area contributed by atoms with Crippen LogP contribution in [-0.4, -0.2) is 49.5 Å². The minimum absolute atomic E-state index is 0. The Balaban J connectivity index is 0.00000392. The Morgan fingerprint density at radius 3 is 2.82 bits per heavy atom. The van der Waals surface area contributed by atoms with E-state index in [0.717, 1.165) is 43.5 Å². The first kappa shape index (κ1) is 24.2. The number of amides is 2. The van der Waals surface area contributed by atoms with E-state index in [1.54, 1.807) is 0 Å². The van der Waals surface area contributed by atoms with Crippen LogP contribution in [0.4, 0.5) is 0 Å². The van der Waals surface area contributed by atoms with Gasteiger partial charge in [-0.05, 0) is 56.7 Å². The molecule has 0 saturated carbocycles. The summed E-state index contributed by atoms with van der Waals surface area (Å²) in [4.78, 5) is 26.4. The number of hydrogen-bond donors (Lipinski definition) is 2. The van der Waals surface area contributed by atoms with Gasteiger partial charge in [-0.25, -0.2) is 0 Å². The number of ether oxygens (including phenoxy) is 1. The fourth-order valence-corrected chi connectivity index (χ4v) is 3.34. The van der Waals surface area contributed by atoms with Crippen LogP contribution in [-0.2, 0) is 9.59 Å². The summed E-state index contributed by atoms with van der Waals surface area (Å²) in [5.74, 6) is 0.962. The predicted molar refractivity (Wildman–Crippen MR) is 114 cm³/mol. The molecule has 2 rings (SSSR count). The maximum Gasteiger partial charge on any atom is 0.224 e. The molecule has 1 aromatic rings. The van der Waals surface area contributed by atoms with Gasteiger partial charge in [-0.3, -0.25) is 9.59 Å². The second-order valence-electron chi connectivity index (χ2n) is 7.33. The second kappa shape index (κ2) is 12.6. The van der Waals surface area contributed by atoms with Crippen molar-refractivity contribution in [3.63, 3.8) is 0 Å². The molecular formula is C21H34ClN3O3. The minimum atomic E-state index is -0.109. The number of likely N-dealkylation sites (tertiary alicyclic amines) is 1. The summed E-state index contributed by atoms with van der Waals surface area (Å²) in [6, 6.07) is 6.18. The fraction of sp³-hybridized carbons (Fsp3) is 0.619. The highest BCUT2D eigenvalue weighted by atomic mass is 35.5. The van der Waals surface area contributed by atoms with E-state index in [2.05, 4.69) is 17.4 Å². The first-order valence-corrected chi connectivity index (χ1v) is 9.97. The summed E-state index contributed by atoms with van der Waals surface area (Å²) in [6.07, 6.45) is 3.86. The summed E-state index contributed by atoms with van der Waals surface area (Å²) in [5.41, 5.74) is 7.73. The Morgan fingerprint density at radius 2 is 2.07 bits per heavy atom. The van der Waals surface area contributed by atoms with Crippen molar-refractivity contribution < 1.29 is 14.3 Å². The summed E-state index contributed by atoms with van der Waals surface area (Å²) in [6.45, 7) is 6.89. The van der Waals surface area contributed by atoms with Crippen molar-refractivity contribution in [2.24, 2.45) is 11.7 Å². The van der Waals surface area contributed by atoms with E-state index in [9.17, 15) is 9.59 Å². The van der Waals surface area contributed by atoms with Gasteiger partial charge in [-0.1, -0.05) is 12.1 Å². The Bertz CT molecular complexity index is 639. The summed E-state index contributed by atoms with van der Waals surface area (Å²) in [7, 11) is 0. The summed E-state index contributed by atoms with van der Waals surface area (Å²) in [5, 5.41) is 2.83. The molecule has 0 aliphatic carbocycles. The van der Waals surface area contributed by atoms with E-state index < -0.39 is 0 Å². The number of halogens is 1. The smallest absolute Gasteiger partial charge is 0.224 e. The number of rotatable bonds is 9.